The number of nitrogens with zero attached hydrogens (tertiary/aromatic N) is 2. The number of aryl methyl sites for hydroxylation is 1. The number of carbonyl (C=O) groups is 2. The van der Waals surface area contributed by atoms with Crippen molar-refractivity contribution in [3.05, 3.63) is 57.0 Å². The molecule has 28 heavy (non-hydrogen) atoms. The number of thiophene rings is 1. The molecule has 7 nitrogen and oxygen atoms in total. The molecule has 0 fully saturated rings. The van der Waals surface area contributed by atoms with Gasteiger partial charge in [-0.1, -0.05) is 32.9 Å². The molecule has 0 saturated heterocycles. The minimum atomic E-state index is -0.595. The van der Waals surface area contributed by atoms with E-state index >= 15 is 0 Å². The van der Waals surface area contributed by atoms with Crippen molar-refractivity contribution in [1.29, 1.82) is 0 Å². The molecule has 0 atom stereocenters. The molecule has 2 aromatic heterocycles. The fourth-order valence-electron chi connectivity index (χ4n) is 2.92. The molecule has 3 rings (SSSR count). The van der Waals surface area contributed by atoms with Crippen LogP contribution in [0, 0.1) is 6.92 Å². The number of carbonyl (C=O) groups excluding carboxylic acids is 2. The van der Waals surface area contributed by atoms with E-state index in [1.165, 1.54) is 10.9 Å². The first-order valence-corrected chi connectivity index (χ1v) is 9.58. The Bertz CT molecular complexity index is 1120. The third-order valence-corrected chi connectivity index (χ3v) is 5.70. The van der Waals surface area contributed by atoms with Gasteiger partial charge in [-0.05, 0) is 35.6 Å². The Kier molecular flexibility index (Phi) is 5.08. The number of hydrogen-bond donors (Lipinski definition) is 2. The highest BCUT2D eigenvalue weighted by Gasteiger charge is 2.18. The smallest absolute Gasteiger partial charge is 0.262 e. The van der Waals surface area contributed by atoms with Gasteiger partial charge >= 0.3 is 0 Å². The standard InChI is InChI=1S/C20H22N4O3S/c1-11-15-18(28-16(11)17(21)26)22-10-24(19(15)27)9-14(25)23-13-7-5-12(6-8-13)20(2,3)4/h5-8,10H,9H2,1-4H3,(H2,21,26)(H,23,25). The Morgan fingerprint density at radius 1 is 1.21 bits per heavy atom. The summed E-state index contributed by atoms with van der Waals surface area (Å²) in [5, 5.41) is 3.11. The molecule has 0 aliphatic heterocycles. The van der Waals surface area contributed by atoms with Crippen molar-refractivity contribution in [3.8, 4) is 0 Å². The number of rotatable bonds is 4. The van der Waals surface area contributed by atoms with Crippen molar-refractivity contribution >= 4 is 39.1 Å². The van der Waals surface area contributed by atoms with Crippen molar-refractivity contribution in [2.24, 2.45) is 5.73 Å². The summed E-state index contributed by atoms with van der Waals surface area (Å²) in [4.78, 5) is 41.5. The van der Waals surface area contributed by atoms with E-state index in [-0.39, 0.29) is 23.4 Å². The molecule has 2 amide bonds. The average molecular weight is 398 g/mol. The van der Waals surface area contributed by atoms with Gasteiger partial charge in [0.2, 0.25) is 5.91 Å². The highest BCUT2D eigenvalue weighted by molar-refractivity contribution is 7.20. The van der Waals surface area contributed by atoms with Crippen LogP contribution >= 0.6 is 11.3 Å². The zero-order valence-corrected chi connectivity index (χ0v) is 17.0. The topological polar surface area (TPSA) is 107 Å². The number of hydrogen-bond acceptors (Lipinski definition) is 5. The van der Waals surface area contributed by atoms with E-state index in [9.17, 15) is 14.4 Å². The Hall–Kier alpha value is -3.00. The molecule has 2 heterocycles. The third-order valence-electron chi connectivity index (χ3n) is 4.49. The molecule has 8 heteroatoms. The van der Waals surface area contributed by atoms with Crippen LogP contribution < -0.4 is 16.6 Å². The van der Waals surface area contributed by atoms with Crippen LogP contribution in [0.25, 0.3) is 10.2 Å². The van der Waals surface area contributed by atoms with Crippen LogP contribution in [0.3, 0.4) is 0 Å². The molecule has 146 valence electrons. The lowest BCUT2D eigenvalue weighted by Gasteiger charge is -2.19. The first-order valence-electron chi connectivity index (χ1n) is 8.76. The summed E-state index contributed by atoms with van der Waals surface area (Å²) >= 11 is 1.08. The monoisotopic (exact) mass is 398 g/mol. The number of anilines is 1. The van der Waals surface area contributed by atoms with Gasteiger partial charge < -0.3 is 11.1 Å². The van der Waals surface area contributed by atoms with Crippen molar-refractivity contribution in [2.75, 3.05) is 5.32 Å². The maximum absolute atomic E-state index is 12.7. The molecule has 0 saturated carbocycles. The second kappa shape index (κ2) is 7.20. The lowest BCUT2D eigenvalue weighted by molar-refractivity contribution is -0.116. The summed E-state index contributed by atoms with van der Waals surface area (Å²) in [7, 11) is 0. The van der Waals surface area contributed by atoms with Crippen molar-refractivity contribution in [2.45, 2.75) is 39.7 Å². The maximum Gasteiger partial charge on any atom is 0.262 e. The zero-order valence-electron chi connectivity index (χ0n) is 16.2. The van der Waals surface area contributed by atoms with Gasteiger partial charge in [-0.15, -0.1) is 11.3 Å². The quantitative estimate of drug-likeness (QED) is 0.704. The number of amides is 2. The highest BCUT2D eigenvalue weighted by atomic mass is 32.1. The number of benzene rings is 1. The minimum absolute atomic E-state index is 0.0269. The molecule has 0 aliphatic rings. The van der Waals surface area contributed by atoms with Gasteiger partial charge in [0.25, 0.3) is 11.5 Å². The first-order chi connectivity index (χ1) is 13.1. The molecule has 1 aromatic carbocycles. The number of primary amides is 1. The van der Waals surface area contributed by atoms with E-state index < -0.39 is 5.91 Å². The highest BCUT2D eigenvalue weighted by Crippen LogP contribution is 2.26. The molecule has 0 unspecified atom stereocenters. The predicted molar refractivity (Wildman–Crippen MR) is 111 cm³/mol. The van der Waals surface area contributed by atoms with E-state index in [2.05, 4.69) is 31.1 Å². The van der Waals surface area contributed by atoms with Gasteiger partial charge in [-0.2, -0.15) is 0 Å². The van der Waals surface area contributed by atoms with Gasteiger partial charge in [-0.3, -0.25) is 19.0 Å². The van der Waals surface area contributed by atoms with Crippen LogP contribution in [-0.4, -0.2) is 21.4 Å². The molecular weight excluding hydrogens is 376 g/mol. The van der Waals surface area contributed by atoms with Crippen molar-refractivity contribution in [3.63, 3.8) is 0 Å². The number of nitrogens with one attached hydrogen (secondary N) is 1. The second-order valence-corrected chi connectivity index (χ2v) is 8.65. The predicted octanol–water partition coefficient (Wildman–Crippen LogP) is 2.80. The van der Waals surface area contributed by atoms with Crippen LogP contribution in [0.15, 0.2) is 35.4 Å². The fourth-order valence-corrected chi connectivity index (χ4v) is 3.91. The molecule has 0 radical (unpaired) electrons. The number of fused-ring (bicyclic) bond motifs is 1. The molecule has 0 aliphatic carbocycles. The Labute approximate surface area is 166 Å². The Morgan fingerprint density at radius 2 is 1.86 bits per heavy atom. The molecule has 3 aromatic rings. The average Bonchev–Trinajstić information content (AvgIpc) is 2.95. The zero-order chi connectivity index (χ0) is 20.6. The number of nitrogens with two attached hydrogens (primary N) is 1. The summed E-state index contributed by atoms with van der Waals surface area (Å²) in [6.07, 6.45) is 1.31. The second-order valence-electron chi connectivity index (χ2n) is 7.65. The van der Waals surface area contributed by atoms with Crippen LogP contribution in [0.4, 0.5) is 5.69 Å². The Balaban J connectivity index is 1.81. The van der Waals surface area contributed by atoms with Crippen LogP contribution in [0.2, 0.25) is 0 Å². The normalized spacial score (nSPS) is 11.6. The fraction of sp³-hybridized carbons (Fsp3) is 0.300. The summed E-state index contributed by atoms with van der Waals surface area (Å²) in [5.74, 6) is -0.933. The summed E-state index contributed by atoms with van der Waals surface area (Å²) in [6, 6.07) is 7.61. The molecule has 0 spiro atoms. The largest absolute Gasteiger partial charge is 0.365 e. The van der Waals surface area contributed by atoms with Crippen molar-refractivity contribution in [1.82, 2.24) is 9.55 Å². The van der Waals surface area contributed by atoms with Gasteiger partial charge in [0.1, 0.15) is 11.4 Å². The molecular formula is C20H22N4O3S. The summed E-state index contributed by atoms with van der Waals surface area (Å²) in [5.41, 5.74) is 7.31. The maximum atomic E-state index is 12.7. The summed E-state index contributed by atoms with van der Waals surface area (Å²) < 4.78 is 1.23. The lowest BCUT2D eigenvalue weighted by Crippen LogP contribution is -2.28. The number of aromatic nitrogens is 2. The third kappa shape index (κ3) is 3.82. The van der Waals surface area contributed by atoms with E-state index in [1.54, 1.807) is 6.92 Å². The lowest BCUT2D eigenvalue weighted by atomic mass is 9.87. The Morgan fingerprint density at radius 3 is 2.43 bits per heavy atom. The van der Waals surface area contributed by atoms with E-state index in [0.29, 0.717) is 26.3 Å². The van der Waals surface area contributed by atoms with Gasteiger partial charge in [0.05, 0.1) is 16.6 Å². The SMILES string of the molecule is Cc1c(C(N)=O)sc2ncn(CC(=O)Nc3ccc(C(C)(C)C)cc3)c(=O)c12. The van der Waals surface area contributed by atoms with E-state index in [1.807, 2.05) is 24.3 Å². The van der Waals surface area contributed by atoms with Crippen molar-refractivity contribution < 1.29 is 9.59 Å². The van der Waals surface area contributed by atoms with Gasteiger partial charge in [0, 0.05) is 5.69 Å². The van der Waals surface area contributed by atoms with Crippen LogP contribution in [-0.2, 0) is 16.8 Å². The van der Waals surface area contributed by atoms with Crippen LogP contribution in [0.1, 0.15) is 41.6 Å². The van der Waals surface area contributed by atoms with Gasteiger partial charge in [0.15, 0.2) is 0 Å². The van der Waals surface area contributed by atoms with E-state index in [4.69, 9.17) is 5.73 Å². The molecule has 0 bridgehead atoms. The van der Waals surface area contributed by atoms with Gasteiger partial charge in [-0.25, -0.2) is 4.98 Å². The van der Waals surface area contributed by atoms with Crippen LogP contribution in [0.5, 0.6) is 0 Å². The molecule has 3 N–H and O–H groups in total. The minimum Gasteiger partial charge on any atom is -0.365 e. The van der Waals surface area contributed by atoms with E-state index in [0.717, 1.165) is 16.9 Å². The summed E-state index contributed by atoms with van der Waals surface area (Å²) in [6.45, 7) is 7.83. The first kappa shape index (κ1) is 19.8.